The van der Waals surface area contributed by atoms with E-state index in [0.29, 0.717) is 6.04 Å². The Morgan fingerprint density at radius 3 is 3.06 bits per heavy atom. The Bertz CT molecular complexity index is 533. The summed E-state index contributed by atoms with van der Waals surface area (Å²) < 4.78 is 0. The molecular weight excluding hydrogens is 222 g/mol. The Hall–Kier alpha value is -1.45. The summed E-state index contributed by atoms with van der Waals surface area (Å²) in [6.07, 6.45) is 5.16. The summed E-state index contributed by atoms with van der Waals surface area (Å²) in [5.41, 5.74) is 1.29. The molecule has 2 aromatic rings. The molecule has 3 heteroatoms. The van der Waals surface area contributed by atoms with Crippen molar-refractivity contribution in [2.24, 2.45) is 0 Å². The van der Waals surface area contributed by atoms with Gasteiger partial charge >= 0.3 is 0 Å². The van der Waals surface area contributed by atoms with Gasteiger partial charge in [-0.1, -0.05) is 24.3 Å². The Kier molecular flexibility index (Phi) is 3.26. The minimum absolute atomic E-state index is 0.619. The van der Waals surface area contributed by atoms with Crippen molar-refractivity contribution < 1.29 is 0 Å². The normalized spacial score (nSPS) is 20.6. The Balaban J connectivity index is 1.74. The van der Waals surface area contributed by atoms with Gasteiger partial charge in [-0.05, 0) is 31.0 Å². The van der Waals surface area contributed by atoms with Crippen molar-refractivity contribution in [2.75, 3.05) is 20.1 Å². The van der Waals surface area contributed by atoms with Crippen molar-refractivity contribution in [1.29, 1.82) is 0 Å². The highest BCUT2D eigenvalue weighted by atomic mass is 15.2. The number of likely N-dealkylation sites (N-methyl/N-ethyl adjacent to an activating group) is 1. The van der Waals surface area contributed by atoms with E-state index in [1.807, 2.05) is 12.4 Å². The number of likely N-dealkylation sites (tertiary alicyclic amines) is 1. The van der Waals surface area contributed by atoms with E-state index in [0.717, 1.165) is 13.1 Å². The minimum atomic E-state index is 0.619. The SMILES string of the molecule is CN1CCC(NCc2cncc3ccccc23)C1. The van der Waals surface area contributed by atoms with Crippen LogP contribution in [-0.2, 0) is 6.54 Å². The zero-order chi connectivity index (χ0) is 12.4. The number of hydrogen-bond acceptors (Lipinski definition) is 3. The van der Waals surface area contributed by atoms with E-state index in [-0.39, 0.29) is 0 Å². The van der Waals surface area contributed by atoms with Crippen molar-refractivity contribution >= 4 is 10.8 Å². The van der Waals surface area contributed by atoms with Gasteiger partial charge in [-0.25, -0.2) is 0 Å². The molecule has 1 saturated heterocycles. The summed E-state index contributed by atoms with van der Waals surface area (Å²) in [5.74, 6) is 0. The zero-order valence-corrected chi connectivity index (χ0v) is 10.8. The second-order valence-electron chi connectivity index (χ2n) is 5.15. The molecule has 1 fully saturated rings. The molecule has 0 spiro atoms. The molecule has 18 heavy (non-hydrogen) atoms. The largest absolute Gasteiger partial charge is 0.309 e. The van der Waals surface area contributed by atoms with Crippen LogP contribution in [-0.4, -0.2) is 36.1 Å². The molecule has 0 bridgehead atoms. The number of nitrogens with zero attached hydrogens (tertiary/aromatic N) is 2. The third-order valence-electron chi connectivity index (χ3n) is 3.72. The summed E-state index contributed by atoms with van der Waals surface area (Å²) >= 11 is 0. The monoisotopic (exact) mass is 241 g/mol. The lowest BCUT2D eigenvalue weighted by Gasteiger charge is -2.13. The minimum Gasteiger partial charge on any atom is -0.309 e. The van der Waals surface area contributed by atoms with Crippen LogP contribution in [0.15, 0.2) is 36.7 Å². The van der Waals surface area contributed by atoms with Gasteiger partial charge in [0.15, 0.2) is 0 Å². The number of aromatic nitrogens is 1. The molecule has 2 heterocycles. The number of nitrogens with one attached hydrogen (secondary N) is 1. The molecule has 0 radical (unpaired) electrons. The highest BCUT2D eigenvalue weighted by Gasteiger charge is 2.18. The lowest BCUT2D eigenvalue weighted by atomic mass is 10.1. The Morgan fingerprint density at radius 2 is 2.22 bits per heavy atom. The highest BCUT2D eigenvalue weighted by molar-refractivity contribution is 5.84. The van der Waals surface area contributed by atoms with Crippen molar-refractivity contribution in [3.63, 3.8) is 0 Å². The van der Waals surface area contributed by atoms with E-state index in [2.05, 4.69) is 46.5 Å². The molecule has 1 unspecified atom stereocenters. The first-order chi connectivity index (χ1) is 8.83. The number of fused-ring (bicyclic) bond motifs is 1. The van der Waals surface area contributed by atoms with Crippen molar-refractivity contribution in [3.8, 4) is 0 Å². The lowest BCUT2D eigenvalue weighted by molar-refractivity contribution is 0.398. The Labute approximate surface area is 108 Å². The molecule has 1 aromatic carbocycles. The maximum Gasteiger partial charge on any atom is 0.0346 e. The molecule has 1 N–H and O–H groups in total. The van der Waals surface area contributed by atoms with E-state index in [1.165, 1.54) is 29.3 Å². The van der Waals surface area contributed by atoms with Gasteiger partial charge in [-0.3, -0.25) is 4.98 Å². The maximum absolute atomic E-state index is 4.32. The molecule has 1 atom stereocenters. The van der Waals surface area contributed by atoms with Crippen LogP contribution in [0.3, 0.4) is 0 Å². The molecule has 0 saturated carbocycles. The van der Waals surface area contributed by atoms with Crippen LogP contribution >= 0.6 is 0 Å². The second-order valence-corrected chi connectivity index (χ2v) is 5.15. The predicted molar refractivity (Wildman–Crippen MR) is 74.5 cm³/mol. The van der Waals surface area contributed by atoms with Gasteiger partial charge in [0.25, 0.3) is 0 Å². The van der Waals surface area contributed by atoms with E-state index in [4.69, 9.17) is 0 Å². The van der Waals surface area contributed by atoms with Crippen LogP contribution in [0.2, 0.25) is 0 Å². The first-order valence-electron chi connectivity index (χ1n) is 6.56. The topological polar surface area (TPSA) is 28.2 Å². The van der Waals surface area contributed by atoms with Crippen LogP contribution in [0.25, 0.3) is 10.8 Å². The quantitative estimate of drug-likeness (QED) is 0.891. The second kappa shape index (κ2) is 5.04. The van der Waals surface area contributed by atoms with Gasteiger partial charge in [0.2, 0.25) is 0 Å². The average molecular weight is 241 g/mol. The highest BCUT2D eigenvalue weighted by Crippen LogP contribution is 2.17. The number of hydrogen-bond donors (Lipinski definition) is 1. The van der Waals surface area contributed by atoms with Gasteiger partial charge < -0.3 is 10.2 Å². The fourth-order valence-corrected chi connectivity index (χ4v) is 2.68. The van der Waals surface area contributed by atoms with E-state index >= 15 is 0 Å². The van der Waals surface area contributed by atoms with Gasteiger partial charge in [-0.15, -0.1) is 0 Å². The number of pyridine rings is 1. The first-order valence-corrected chi connectivity index (χ1v) is 6.56. The molecule has 0 amide bonds. The van der Waals surface area contributed by atoms with Crippen molar-refractivity contribution in [3.05, 3.63) is 42.2 Å². The molecule has 3 rings (SSSR count). The molecule has 1 aromatic heterocycles. The number of benzene rings is 1. The molecule has 94 valence electrons. The van der Waals surface area contributed by atoms with Crippen LogP contribution < -0.4 is 5.32 Å². The maximum atomic E-state index is 4.32. The fourth-order valence-electron chi connectivity index (χ4n) is 2.68. The smallest absolute Gasteiger partial charge is 0.0346 e. The van der Waals surface area contributed by atoms with Gasteiger partial charge in [0, 0.05) is 36.9 Å². The van der Waals surface area contributed by atoms with Crippen LogP contribution in [0.5, 0.6) is 0 Å². The van der Waals surface area contributed by atoms with Gasteiger partial charge in [0.05, 0.1) is 0 Å². The van der Waals surface area contributed by atoms with Crippen molar-refractivity contribution in [2.45, 2.75) is 19.0 Å². The predicted octanol–water partition coefficient (Wildman–Crippen LogP) is 2.03. The summed E-state index contributed by atoms with van der Waals surface area (Å²) in [7, 11) is 2.18. The molecular formula is C15H19N3. The van der Waals surface area contributed by atoms with Crippen LogP contribution in [0.1, 0.15) is 12.0 Å². The Morgan fingerprint density at radius 1 is 1.33 bits per heavy atom. The fraction of sp³-hybridized carbons (Fsp3) is 0.400. The van der Waals surface area contributed by atoms with E-state index in [1.54, 1.807) is 0 Å². The van der Waals surface area contributed by atoms with Crippen LogP contribution in [0.4, 0.5) is 0 Å². The number of rotatable bonds is 3. The third-order valence-corrected chi connectivity index (χ3v) is 3.72. The summed E-state index contributed by atoms with van der Waals surface area (Å²) in [6, 6.07) is 9.07. The van der Waals surface area contributed by atoms with Crippen LogP contribution in [0, 0.1) is 0 Å². The average Bonchev–Trinajstić information content (AvgIpc) is 2.82. The van der Waals surface area contributed by atoms with Gasteiger partial charge in [-0.2, -0.15) is 0 Å². The lowest BCUT2D eigenvalue weighted by Crippen LogP contribution is -2.31. The van der Waals surface area contributed by atoms with Gasteiger partial charge in [0.1, 0.15) is 0 Å². The zero-order valence-electron chi connectivity index (χ0n) is 10.8. The molecule has 3 nitrogen and oxygen atoms in total. The summed E-state index contributed by atoms with van der Waals surface area (Å²) in [4.78, 5) is 6.70. The molecule has 1 aliphatic heterocycles. The van der Waals surface area contributed by atoms with E-state index < -0.39 is 0 Å². The standard InChI is InChI=1S/C15H19N3/c1-18-7-6-14(11-18)17-10-13-9-16-8-12-4-2-3-5-15(12)13/h2-5,8-9,14,17H,6-7,10-11H2,1H3. The first kappa shape index (κ1) is 11.6. The molecule has 0 aliphatic carbocycles. The summed E-state index contributed by atoms with van der Waals surface area (Å²) in [5, 5.41) is 6.17. The third kappa shape index (κ3) is 2.37. The van der Waals surface area contributed by atoms with Crippen molar-refractivity contribution in [1.82, 2.24) is 15.2 Å². The molecule has 1 aliphatic rings. The summed E-state index contributed by atoms with van der Waals surface area (Å²) in [6.45, 7) is 3.26. The van der Waals surface area contributed by atoms with E-state index in [9.17, 15) is 0 Å².